The minimum absolute atomic E-state index is 0.0348. The molecule has 1 N–H and O–H groups in total. The Bertz CT molecular complexity index is 1600. The molecule has 0 saturated heterocycles. The van der Waals surface area contributed by atoms with E-state index in [4.69, 9.17) is 20.8 Å². The first kappa shape index (κ1) is 21.6. The molecule has 0 spiro atoms. The van der Waals surface area contributed by atoms with E-state index in [1.165, 1.54) is 11.0 Å². The zero-order chi connectivity index (χ0) is 24.3. The number of nitrogens with zero attached hydrogens (tertiary/aromatic N) is 2. The summed E-state index contributed by atoms with van der Waals surface area (Å²) in [6.07, 6.45) is -1.36. The number of rotatable bonds is 3. The molecule has 2 aliphatic rings. The third-order valence-corrected chi connectivity index (χ3v) is 6.74. The van der Waals surface area contributed by atoms with E-state index < -0.39 is 23.0 Å². The highest BCUT2D eigenvalue weighted by molar-refractivity contribution is 6.31. The molecule has 1 aromatic heterocycles. The zero-order valence-corrected chi connectivity index (χ0v) is 19.3. The second-order valence-corrected chi connectivity index (χ2v) is 9.00. The molecule has 6 rings (SSSR count). The smallest absolute Gasteiger partial charge is 0.267 e. The number of benzene rings is 3. The molecule has 3 heterocycles. The van der Waals surface area contributed by atoms with Gasteiger partial charge in [-0.05, 0) is 29.8 Å². The van der Waals surface area contributed by atoms with Crippen LogP contribution in [0.3, 0.4) is 0 Å². The van der Waals surface area contributed by atoms with Crippen molar-refractivity contribution in [3.63, 3.8) is 0 Å². The summed E-state index contributed by atoms with van der Waals surface area (Å²) in [4.78, 5) is 33.0. The minimum atomic E-state index is -2.15. The van der Waals surface area contributed by atoms with E-state index in [9.17, 15) is 14.7 Å². The molecule has 1 amide bonds. The fourth-order valence-electron chi connectivity index (χ4n) is 4.77. The Morgan fingerprint density at radius 1 is 1.06 bits per heavy atom. The third-order valence-electron chi connectivity index (χ3n) is 6.51. The molecule has 2 atom stereocenters. The van der Waals surface area contributed by atoms with Crippen molar-refractivity contribution in [1.82, 2.24) is 0 Å². The van der Waals surface area contributed by atoms with Crippen LogP contribution in [-0.4, -0.2) is 24.0 Å². The first-order chi connectivity index (χ1) is 16.9. The maximum atomic E-state index is 13.7. The molecule has 0 saturated carbocycles. The second kappa shape index (κ2) is 7.80. The number of anilines is 1. The van der Waals surface area contributed by atoms with Crippen LogP contribution < -0.4 is 10.3 Å². The van der Waals surface area contributed by atoms with Crippen LogP contribution in [0, 0.1) is 0 Å². The molecule has 0 radical (unpaired) electrons. The van der Waals surface area contributed by atoms with Gasteiger partial charge in [-0.25, -0.2) is 4.99 Å². The molecule has 0 fully saturated rings. The summed E-state index contributed by atoms with van der Waals surface area (Å²) < 4.78 is 12.2. The van der Waals surface area contributed by atoms with E-state index in [1.54, 1.807) is 43.4 Å². The van der Waals surface area contributed by atoms with Gasteiger partial charge < -0.3 is 19.2 Å². The van der Waals surface area contributed by atoms with Gasteiger partial charge in [-0.3, -0.25) is 9.59 Å². The van der Waals surface area contributed by atoms with Crippen LogP contribution in [0.15, 0.2) is 87.0 Å². The summed E-state index contributed by atoms with van der Waals surface area (Å²) in [5.41, 5.74) is -0.447. The van der Waals surface area contributed by atoms with Crippen LogP contribution in [0.25, 0.3) is 11.0 Å². The number of ether oxygens (including phenoxy) is 1. The summed E-state index contributed by atoms with van der Waals surface area (Å²) in [5.74, 6) is -0.459. The largest absolute Gasteiger partial charge is 0.463 e. The first-order valence-electron chi connectivity index (χ1n) is 11.0. The number of aliphatic hydroxyl groups is 1. The number of hydrogen-bond donors (Lipinski definition) is 1. The van der Waals surface area contributed by atoms with Crippen molar-refractivity contribution in [2.75, 3.05) is 11.9 Å². The number of aliphatic imine (C=N–C) groups is 1. The number of carbonyl (C=O) groups excluding carboxylic acids is 1. The van der Waals surface area contributed by atoms with Crippen LogP contribution in [0.5, 0.6) is 0 Å². The molecule has 0 aliphatic carbocycles. The highest BCUT2D eigenvalue weighted by Crippen LogP contribution is 2.50. The molecule has 35 heavy (non-hydrogen) atoms. The molecule has 7 nitrogen and oxygen atoms in total. The van der Waals surface area contributed by atoms with E-state index >= 15 is 0 Å². The number of para-hydroxylation sites is 1. The van der Waals surface area contributed by atoms with Crippen molar-refractivity contribution in [3.05, 3.63) is 110 Å². The number of hydrogen-bond acceptors (Lipinski definition) is 6. The van der Waals surface area contributed by atoms with Gasteiger partial charge in [0.2, 0.25) is 11.0 Å². The van der Waals surface area contributed by atoms with Crippen LogP contribution in [0.1, 0.15) is 28.6 Å². The van der Waals surface area contributed by atoms with Gasteiger partial charge in [0.15, 0.2) is 11.9 Å². The van der Waals surface area contributed by atoms with Crippen LogP contribution in [0.4, 0.5) is 5.69 Å². The predicted molar refractivity (Wildman–Crippen MR) is 132 cm³/mol. The van der Waals surface area contributed by atoms with Gasteiger partial charge in [-0.1, -0.05) is 60.1 Å². The monoisotopic (exact) mass is 486 g/mol. The molecular formula is C27H19ClN2O5. The number of fused-ring (bicyclic) bond motifs is 3. The average molecular weight is 487 g/mol. The van der Waals surface area contributed by atoms with Gasteiger partial charge in [-0.15, -0.1) is 0 Å². The van der Waals surface area contributed by atoms with Crippen LogP contribution in [0.2, 0.25) is 5.02 Å². The minimum Gasteiger partial charge on any atom is -0.463 e. The Labute approximate surface area is 204 Å². The lowest BCUT2D eigenvalue weighted by molar-refractivity contribution is -0.147. The van der Waals surface area contributed by atoms with Crippen LogP contribution in [-0.2, 0) is 21.7 Å². The Balaban J connectivity index is 1.58. The van der Waals surface area contributed by atoms with Crippen molar-refractivity contribution in [2.24, 2.45) is 4.99 Å². The average Bonchev–Trinajstić information content (AvgIpc) is 3.34. The van der Waals surface area contributed by atoms with Gasteiger partial charge in [0, 0.05) is 17.6 Å². The normalized spacial score (nSPS) is 21.9. The third kappa shape index (κ3) is 3.12. The summed E-state index contributed by atoms with van der Waals surface area (Å²) in [6, 6.07) is 21.1. The molecule has 0 unspecified atom stereocenters. The van der Waals surface area contributed by atoms with Gasteiger partial charge in [0.05, 0.1) is 23.2 Å². The van der Waals surface area contributed by atoms with Gasteiger partial charge in [0.1, 0.15) is 5.58 Å². The van der Waals surface area contributed by atoms with Gasteiger partial charge in [0.25, 0.3) is 11.8 Å². The Morgan fingerprint density at radius 3 is 2.60 bits per heavy atom. The molecule has 174 valence electrons. The van der Waals surface area contributed by atoms with E-state index in [1.807, 2.05) is 30.3 Å². The molecule has 0 bridgehead atoms. The fourth-order valence-corrected chi connectivity index (χ4v) is 4.95. The standard InChI is InChI=1S/C27H19ClN2O5/c1-30-19-10-6-5-9-18(19)27(33,26(30)32)24-21-22(31)17-13-16(28)11-12-20(17)34-23(21)25(35-24)29-14-15-7-3-2-4-8-15/h2-13,24,33H,14H2,1H3/t24-,27-/m0/s1. The van der Waals surface area contributed by atoms with Crippen molar-refractivity contribution in [2.45, 2.75) is 18.2 Å². The van der Waals surface area contributed by atoms with Crippen molar-refractivity contribution >= 4 is 40.1 Å². The highest BCUT2D eigenvalue weighted by Gasteiger charge is 2.60. The molecule has 4 aromatic rings. The van der Waals surface area contributed by atoms with Crippen molar-refractivity contribution in [3.8, 4) is 0 Å². The van der Waals surface area contributed by atoms with E-state index in [0.717, 1.165) is 5.56 Å². The molecule has 8 heteroatoms. The quantitative estimate of drug-likeness (QED) is 0.465. The second-order valence-electron chi connectivity index (χ2n) is 8.57. The topological polar surface area (TPSA) is 92.3 Å². The SMILES string of the molecule is CN1C(=O)[C@@](O)([C@H]2OC(=NCc3ccccc3)c3oc4ccc(Cl)cc4c(=O)c32)c2ccccc21. The maximum absolute atomic E-state index is 13.7. The molecule has 2 aliphatic heterocycles. The summed E-state index contributed by atoms with van der Waals surface area (Å²) in [5, 5.41) is 12.5. The number of likely N-dealkylation sites (N-methyl/N-ethyl adjacent to an activating group) is 1. The summed E-state index contributed by atoms with van der Waals surface area (Å²) in [7, 11) is 1.57. The number of amides is 1. The lowest BCUT2D eigenvalue weighted by Gasteiger charge is -2.27. The fraction of sp³-hybridized carbons (Fsp3) is 0.148. The van der Waals surface area contributed by atoms with E-state index in [0.29, 0.717) is 21.9 Å². The van der Waals surface area contributed by atoms with Crippen molar-refractivity contribution in [1.29, 1.82) is 0 Å². The summed E-state index contributed by atoms with van der Waals surface area (Å²) in [6.45, 7) is 0.258. The number of halogens is 1. The van der Waals surface area contributed by atoms with E-state index in [2.05, 4.69) is 4.99 Å². The number of carbonyl (C=O) groups is 1. The maximum Gasteiger partial charge on any atom is 0.267 e. The lowest BCUT2D eigenvalue weighted by atomic mass is 9.85. The highest BCUT2D eigenvalue weighted by atomic mass is 35.5. The Hall–Kier alpha value is -3.94. The molecular weight excluding hydrogens is 468 g/mol. The molecule has 3 aromatic carbocycles. The van der Waals surface area contributed by atoms with Crippen LogP contribution >= 0.6 is 11.6 Å². The Kier molecular flexibility index (Phi) is 4.81. The van der Waals surface area contributed by atoms with Gasteiger partial charge >= 0.3 is 0 Å². The Morgan fingerprint density at radius 2 is 1.80 bits per heavy atom. The predicted octanol–water partition coefficient (Wildman–Crippen LogP) is 4.33. The summed E-state index contributed by atoms with van der Waals surface area (Å²) >= 11 is 6.14. The lowest BCUT2D eigenvalue weighted by Crippen LogP contribution is -2.44. The first-order valence-corrected chi connectivity index (χ1v) is 11.4. The zero-order valence-electron chi connectivity index (χ0n) is 18.6. The van der Waals surface area contributed by atoms with Crippen molar-refractivity contribution < 1.29 is 19.1 Å². The van der Waals surface area contributed by atoms with Gasteiger partial charge in [-0.2, -0.15) is 0 Å². The van der Waals surface area contributed by atoms with E-state index in [-0.39, 0.29) is 29.2 Å².